The second-order valence-electron chi connectivity index (χ2n) is 14.6. The highest BCUT2D eigenvalue weighted by Crippen LogP contribution is 2.40. The lowest BCUT2D eigenvalue weighted by Crippen LogP contribution is -2.03. The lowest BCUT2D eigenvalue weighted by Gasteiger charge is -2.12. The van der Waals surface area contributed by atoms with Crippen molar-refractivity contribution in [3.8, 4) is 39.5 Å². The molecule has 0 saturated heterocycles. The molecule has 9 aromatic carbocycles. The smallest absolute Gasteiger partial charge is 0.235 e. The Hall–Kier alpha value is -7.56. The van der Waals surface area contributed by atoms with Gasteiger partial charge in [-0.2, -0.15) is 0 Å². The van der Waals surface area contributed by atoms with Gasteiger partial charge in [0.2, 0.25) is 5.95 Å². The fourth-order valence-corrected chi connectivity index (χ4v) is 8.67. The lowest BCUT2D eigenvalue weighted by atomic mass is 9.97. The third kappa shape index (κ3) is 4.73. The minimum Gasteiger partial charge on any atom is -0.456 e. The predicted octanol–water partition coefficient (Wildman–Crippen LogP) is 13.9. The van der Waals surface area contributed by atoms with E-state index in [1.54, 1.807) is 0 Å². The minimum atomic E-state index is 0.654. The van der Waals surface area contributed by atoms with Crippen molar-refractivity contribution in [1.82, 2.24) is 14.5 Å². The van der Waals surface area contributed by atoms with Gasteiger partial charge < -0.3 is 4.42 Å². The van der Waals surface area contributed by atoms with Crippen molar-refractivity contribution in [2.24, 2.45) is 0 Å². The lowest BCUT2D eigenvalue weighted by molar-refractivity contribution is 0.669. The molecule has 3 heterocycles. The van der Waals surface area contributed by atoms with Gasteiger partial charge in [0.05, 0.1) is 22.2 Å². The maximum absolute atomic E-state index is 6.09. The molecule has 4 nitrogen and oxygen atoms in total. The normalized spacial score (nSPS) is 11.9. The molecule has 0 spiro atoms. The number of nitrogens with zero attached hydrogens (tertiary/aromatic N) is 3. The monoisotopic (exact) mass is 713 g/mol. The van der Waals surface area contributed by atoms with Crippen LogP contribution in [0.4, 0.5) is 0 Å². The second kappa shape index (κ2) is 12.0. The van der Waals surface area contributed by atoms with Gasteiger partial charge in [-0.25, -0.2) is 9.97 Å². The van der Waals surface area contributed by atoms with E-state index in [2.05, 4.69) is 180 Å². The Kier molecular flexibility index (Phi) is 6.60. The van der Waals surface area contributed by atoms with Crippen molar-refractivity contribution in [3.05, 3.63) is 188 Å². The van der Waals surface area contributed by atoms with Crippen LogP contribution in [0.25, 0.3) is 116 Å². The largest absolute Gasteiger partial charge is 0.456 e. The summed E-state index contributed by atoms with van der Waals surface area (Å²) in [6.45, 7) is 0. The molecule has 0 atom stereocenters. The quantitative estimate of drug-likeness (QED) is 0.182. The number of fused-ring (bicyclic) bond motifs is 10. The molecule has 0 aliphatic heterocycles. The predicted molar refractivity (Wildman–Crippen MR) is 232 cm³/mol. The Morgan fingerprint density at radius 2 is 0.946 bits per heavy atom. The summed E-state index contributed by atoms with van der Waals surface area (Å²) >= 11 is 0. The van der Waals surface area contributed by atoms with E-state index in [0.717, 1.165) is 66.3 Å². The topological polar surface area (TPSA) is 43.9 Å². The maximum atomic E-state index is 6.09. The first-order valence-corrected chi connectivity index (χ1v) is 19.0. The summed E-state index contributed by atoms with van der Waals surface area (Å²) in [4.78, 5) is 10.6. The number of para-hydroxylation sites is 2. The Morgan fingerprint density at radius 3 is 1.79 bits per heavy atom. The van der Waals surface area contributed by atoms with Gasteiger partial charge in [0.15, 0.2) is 0 Å². The fraction of sp³-hybridized carbons (Fsp3) is 0. The van der Waals surface area contributed by atoms with Crippen LogP contribution in [-0.2, 0) is 0 Å². The highest BCUT2D eigenvalue weighted by atomic mass is 16.3. The van der Waals surface area contributed by atoms with Crippen LogP contribution in [0.15, 0.2) is 192 Å². The van der Waals surface area contributed by atoms with Crippen LogP contribution in [0.1, 0.15) is 0 Å². The van der Waals surface area contributed by atoms with Gasteiger partial charge in [0.1, 0.15) is 11.2 Å². The summed E-state index contributed by atoms with van der Waals surface area (Å²) in [7, 11) is 0. The van der Waals surface area contributed by atoms with Gasteiger partial charge in [-0.3, -0.25) is 4.57 Å². The third-order valence-electron chi connectivity index (χ3n) is 11.4. The van der Waals surface area contributed by atoms with Crippen molar-refractivity contribution in [1.29, 1.82) is 0 Å². The fourth-order valence-electron chi connectivity index (χ4n) is 8.67. The molecule has 4 heteroatoms. The van der Waals surface area contributed by atoms with Gasteiger partial charge in [-0.05, 0) is 92.3 Å². The number of furan rings is 1. The number of rotatable bonds is 4. The van der Waals surface area contributed by atoms with Crippen LogP contribution < -0.4 is 0 Å². The first kappa shape index (κ1) is 30.9. The number of hydrogen-bond donors (Lipinski definition) is 0. The van der Waals surface area contributed by atoms with Crippen molar-refractivity contribution in [2.45, 2.75) is 0 Å². The summed E-state index contributed by atoms with van der Waals surface area (Å²) in [5, 5.41) is 10.5. The standard InChI is InChI=1S/C52H31N3O/c1-2-11-36-29-39(22-21-32(36)9-1)51-42-14-5-7-15-45(42)53-52(54-51)55-46-26-24-37(31-44(46)50-40-12-4-3-10-35(40)23-27-47(50)55)33-17-19-34(20-18-33)38-25-28-49-43(30-38)41-13-6-8-16-48(41)56-49/h1-31H. The van der Waals surface area contributed by atoms with E-state index >= 15 is 0 Å². The Labute approximate surface area is 321 Å². The Morgan fingerprint density at radius 1 is 0.357 bits per heavy atom. The van der Waals surface area contributed by atoms with Crippen molar-refractivity contribution in [3.63, 3.8) is 0 Å². The molecule has 0 aliphatic rings. The van der Waals surface area contributed by atoms with Crippen LogP contribution in [0, 0.1) is 0 Å². The molecule has 0 N–H and O–H groups in total. The van der Waals surface area contributed by atoms with Crippen LogP contribution in [0.2, 0.25) is 0 Å². The SMILES string of the molecule is c1ccc2cc(-c3nc(-n4c5ccc(-c6ccc(-c7ccc8oc9ccccc9c8c7)cc6)cc5c5c6ccccc6ccc54)nc4ccccc34)ccc2c1. The summed E-state index contributed by atoms with van der Waals surface area (Å²) in [6.07, 6.45) is 0. The van der Waals surface area contributed by atoms with Crippen LogP contribution in [0.3, 0.4) is 0 Å². The maximum Gasteiger partial charge on any atom is 0.235 e. The molecule has 0 fully saturated rings. The molecule has 0 radical (unpaired) electrons. The molecule has 0 saturated carbocycles. The summed E-state index contributed by atoms with van der Waals surface area (Å²) in [5.74, 6) is 0.654. The first-order chi connectivity index (χ1) is 27.7. The van der Waals surface area contributed by atoms with E-state index in [4.69, 9.17) is 14.4 Å². The number of hydrogen-bond acceptors (Lipinski definition) is 3. The highest BCUT2D eigenvalue weighted by Gasteiger charge is 2.20. The van der Waals surface area contributed by atoms with Crippen molar-refractivity contribution >= 4 is 76.2 Å². The Balaban J connectivity index is 1.03. The van der Waals surface area contributed by atoms with Crippen LogP contribution in [0.5, 0.6) is 0 Å². The zero-order chi connectivity index (χ0) is 36.7. The number of benzene rings is 9. The highest BCUT2D eigenvalue weighted by molar-refractivity contribution is 6.22. The van der Waals surface area contributed by atoms with Crippen LogP contribution >= 0.6 is 0 Å². The van der Waals surface area contributed by atoms with E-state index in [1.165, 1.54) is 43.4 Å². The summed E-state index contributed by atoms with van der Waals surface area (Å²) in [5.41, 5.74) is 11.5. The molecule has 0 unspecified atom stereocenters. The van der Waals surface area contributed by atoms with E-state index in [-0.39, 0.29) is 0 Å². The summed E-state index contributed by atoms with van der Waals surface area (Å²) in [6, 6.07) is 66.9. The van der Waals surface area contributed by atoms with Gasteiger partial charge in [0, 0.05) is 32.5 Å². The van der Waals surface area contributed by atoms with Gasteiger partial charge in [0.25, 0.3) is 0 Å². The third-order valence-corrected chi connectivity index (χ3v) is 11.4. The molecule has 0 bridgehead atoms. The molecule has 12 aromatic rings. The molecule has 12 rings (SSSR count). The Bertz CT molecular complexity index is 3540. The summed E-state index contributed by atoms with van der Waals surface area (Å²) < 4.78 is 8.34. The molecule has 0 aliphatic carbocycles. The molecule has 0 amide bonds. The van der Waals surface area contributed by atoms with E-state index in [1.807, 2.05) is 12.1 Å². The van der Waals surface area contributed by atoms with E-state index in [9.17, 15) is 0 Å². The first-order valence-electron chi connectivity index (χ1n) is 19.0. The van der Waals surface area contributed by atoms with Crippen molar-refractivity contribution < 1.29 is 4.42 Å². The van der Waals surface area contributed by atoms with E-state index in [0.29, 0.717) is 5.95 Å². The number of aromatic nitrogens is 3. The van der Waals surface area contributed by atoms with Gasteiger partial charge >= 0.3 is 0 Å². The average molecular weight is 714 g/mol. The molecular formula is C52H31N3O. The zero-order valence-corrected chi connectivity index (χ0v) is 30.1. The molecule has 56 heavy (non-hydrogen) atoms. The second-order valence-corrected chi connectivity index (χ2v) is 14.6. The molecular weight excluding hydrogens is 683 g/mol. The van der Waals surface area contributed by atoms with Gasteiger partial charge in [-0.1, -0.05) is 140 Å². The zero-order valence-electron chi connectivity index (χ0n) is 30.1. The average Bonchev–Trinajstić information content (AvgIpc) is 3.81. The van der Waals surface area contributed by atoms with Gasteiger partial charge in [-0.15, -0.1) is 0 Å². The van der Waals surface area contributed by atoms with E-state index < -0.39 is 0 Å². The minimum absolute atomic E-state index is 0.654. The van der Waals surface area contributed by atoms with Crippen LogP contribution in [-0.4, -0.2) is 14.5 Å². The van der Waals surface area contributed by atoms with Crippen molar-refractivity contribution in [2.75, 3.05) is 0 Å². The molecule has 3 aromatic heterocycles. The molecule has 260 valence electrons.